The molecule has 21 heavy (non-hydrogen) atoms. The van der Waals surface area contributed by atoms with Crippen LogP contribution in [-0.4, -0.2) is 14.9 Å². The van der Waals surface area contributed by atoms with E-state index in [-0.39, 0.29) is 23.1 Å². The monoisotopic (exact) mass is 372 g/mol. The molecular weight excluding hydrogens is 364 g/mol. The number of hydrazine groups is 1. The summed E-state index contributed by atoms with van der Waals surface area (Å²) >= 11 is 9.24. The lowest BCUT2D eigenvalue weighted by Crippen LogP contribution is -2.13. The molecule has 0 aliphatic rings. The maximum absolute atomic E-state index is 11.2. The van der Waals surface area contributed by atoms with Gasteiger partial charge in [0, 0.05) is 9.50 Å². The number of nitrogen functional groups attached to an aromatic ring is 1. The summed E-state index contributed by atoms with van der Waals surface area (Å²) in [6, 6.07) is 5.01. The molecule has 0 spiro atoms. The Morgan fingerprint density at radius 3 is 2.76 bits per heavy atom. The number of rotatable bonds is 4. The van der Waals surface area contributed by atoms with Crippen molar-refractivity contribution >= 4 is 50.7 Å². The van der Waals surface area contributed by atoms with Gasteiger partial charge in [-0.25, -0.2) is 10.8 Å². The van der Waals surface area contributed by atoms with E-state index < -0.39 is 4.92 Å². The summed E-state index contributed by atoms with van der Waals surface area (Å²) in [6.45, 7) is 1.50. The molecule has 8 nitrogen and oxygen atoms in total. The SMILES string of the molecule is Cc1nc(NN)nc(Nc2cc(Cl)ccc2Br)c1[N+](=O)[O-]. The minimum absolute atomic E-state index is 0.0171. The second-order valence-electron chi connectivity index (χ2n) is 3.98. The predicted molar refractivity (Wildman–Crippen MR) is 83.7 cm³/mol. The fourth-order valence-electron chi connectivity index (χ4n) is 1.66. The molecule has 0 radical (unpaired) electrons. The van der Waals surface area contributed by atoms with Crippen molar-refractivity contribution in [2.75, 3.05) is 10.7 Å². The summed E-state index contributed by atoms with van der Waals surface area (Å²) in [4.78, 5) is 18.5. The first-order chi connectivity index (χ1) is 9.92. The molecule has 2 aromatic rings. The molecule has 2 rings (SSSR count). The zero-order chi connectivity index (χ0) is 15.6. The highest BCUT2D eigenvalue weighted by molar-refractivity contribution is 9.10. The van der Waals surface area contributed by atoms with Crippen molar-refractivity contribution < 1.29 is 4.92 Å². The van der Waals surface area contributed by atoms with Gasteiger partial charge in [0.05, 0.1) is 10.6 Å². The molecule has 0 bridgehead atoms. The van der Waals surface area contributed by atoms with Gasteiger partial charge in [-0.05, 0) is 41.1 Å². The maximum atomic E-state index is 11.2. The largest absolute Gasteiger partial charge is 0.333 e. The van der Waals surface area contributed by atoms with Crippen molar-refractivity contribution in [1.82, 2.24) is 9.97 Å². The summed E-state index contributed by atoms with van der Waals surface area (Å²) in [5.74, 6) is 5.34. The Balaban J connectivity index is 2.54. The molecule has 4 N–H and O–H groups in total. The first-order valence-corrected chi connectivity index (χ1v) is 6.81. The Morgan fingerprint density at radius 2 is 2.14 bits per heavy atom. The molecule has 0 atom stereocenters. The van der Waals surface area contributed by atoms with E-state index in [0.29, 0.717) is 15.2 Å². The Kier molecular flexibility index (Phi) is 4.56. The highest BCUT2D eigenvalue weighted by atomic mass is 79.9. The smallest absolute Gasteiger partial charge is 0.332 e. The van der Waals surface area contributed by atoms with Crippen LogP contribution in [-0.2, 0) is 0 Å². The number of benzene rings is 1. The minimum Gasteiger partial charge on any atom is -0.333 e. The van der Waals surface area contributed by atoms with Crippen molar-refractivity contribution in [3.8, 4) is 0 Å². The summed E-state index contributed by atoms with van der Waals surface area (Å²) in [5.41, 5.74) is 2.75. The number of hydrogen-bond acceptors (Lipinski definition) is 7. The Labute approximate surface area is 133 Å². The van der Waals surface area contributed by atoms with E-state index in [1.54, 1.807) is 18.2 Å². The quantitative estimate of drug-likeness (QED) is 0.428. The number of nitrogens with zero attached hydrogens (tertiary/aromatic N) is 3. The molecule has 10 heteroatoms. The average molecular weight is 374 g/mol. The predicted octanol–water partition coefficient (Wildman–Crippen LogP) is 3.14. The van der Waals surface area contributed by atoms with Crippen molar-refractivity contribution in [2.45, 2.75) is 6.92 Å². The summed E-state index contributed by atoms with van der Waals surface area (Å²) in [5, 5.41) is 14.5. The van der Waals surface area contributed by atoms with Crippen LogP contribution in [0.2, 0.25) is 5.02 Å². The molecule has 1 heterocycles. The van der Waals surface area contributed by atoms with E-state index in [0.717, 1.165) is 0 Å². The minimum atomic E-state index is -0.559. The van der Waals surface area contributed by atoms with E-state index >= 15 is 0 Å². The number of aromatic nitrogens is 2. The van der Waals surface area contributed by atoms with Gasteiger partial charge in [-0.2, -0.15) is 4.98 Å². The van der Waals surface area contributed by atoms with Gasteiger partial charge in [0.25, 0.3) is 0 Å². The number of nitrogens with two attached hydrogens (primary N) is 1. The lowest BCUT2D eigenvalue weighted by atomic mass is 10.3. The van der Waals surface area contributed by atoms with Crippen LogP contribution in [0, 0.1) is 17.0 Å². The molecule has 0 saturated carbocycles. The van der Waals surface area contributed by atoms with Crippen LogP contribution in [0.5, 0.6) is 0 Å². The van der Waals surface area contributed by atoms with E-state index in [1.807, 2.05) is 0 Å². The fraction of sp³-hybridized carbons (Fsp3) is 0.0909. The van der Waals surface area contributed by atoms with Gasteiger partial charge in [-0.3, -0.25) is 15.5 Å². The van der Waals surface area contributed by atoms with Gasteiger partial charge in [0.2, 0.25) is 11.8 Å². The lowest BCUT2D eigenvalue weighted by Gasteiger charge is -2.11. The zero-order valence-corrected chi connectivity index (χ0v) is 13.1. The number of halogens is 2. The number of nitro groups is 1. The standard InChI is InChI=1S/C11H10BrClN6O2/c1-5-9(19(20)21)10(17-11(15-5)18-14)16-8-4-6(13)2-3-7(8)12/h2-4H,14H2,1H3,(H2,15,16,17,18). The van der Waals surface area contributed by atoms with Gasteiger partial charge >= 0.3 is 5.69 Å². The molecule has 0 fully saturated rings. The van der Waals surface area contributed by atoms with Crippen LogP contribution in [0.3, 0.4) is 0 Å². The van der Waals surface area contributed by atoms with E-state index in [4.69, 9.17) is 17.4 Å². The summed E-state index contributed by atoms with van der Waals surface area (Å²) < 4.78 is 0.680. The normalized spacial score (nSPS) is 10.3. The molecule has 0 amide bonds. The molecule has 1 aromatic carbocycles. The molecular formula is C11H10BrClN6O2. The highest BCUT2D eigenvalue weighted by Gasteiger charge is 2.22. The van der Waals surface area contributed by atoms with Gasteiger partial charge < -0.3 is 5.32 Å². The Bertz CT molecular complexity index is 711. The molecule has 0 aliphatic heterocycles. The molecule has 1 aromatic heterocycles. The second-order valence-corrected chi connectivity index (χ2v) is 5.27. The maximum Gasteiger partial charge on any atom is 0.332 e. The number of hydrogen-bond donors (Lipinski definition) is 3. The molecule has 0 unspecified atom stereocenters. The van der Waals surface area contributed by atoms with Crippen molar-refractivity contribution in [3.05, 3.63) is 43.5 Å². The van der Waals surface area contributed by atoms with Crippen LogP contribution < -0.4 is 16.6 Å². The van der Waals surface area contributed by atoms with Crippen molar-refractivity contribution in [2.24, 2.45) is 5.84 Å². The van der Waals surface area contributed by atoms with E-state index in [1.165, 1.54) is 6.92 Å². The van der Waals surface area contributed by atoms with Crippen LogP contribution in [0.1, 0.15) is 5.69 Å². The van der Waals surface area contributed by atoms with Crippen LogP contribution in [0.15, 0.2) is 22.7 Å². The molecule has 110 valence electrons. The van der Waals surface area contributed by atoms with Gasteiger partial charge in [-0.15, -0.1) is 0 Å². The summed E-state index contributed by atoms with van der Waals surface area (Å²) in [7, 11) is 0. The lowest BCUT2D eigenvalue weighted by molar-refractivity contribution is -0.385. The number of aryl methyl sites for hydroxylation is 1. The summed E-state index contributed by atoms with van der Waals surface area (Å²) in [6.07, 6.45) is 0. The van der Waals surface area contributed by atoms with Gasteiger partial charge in [-0.1, -0.05) is 11.6 Å². The number of anilines is 3. The Hall–Kier alpha value is -1.97. The van der Waals surface area contributed by atoms with Crippen molar-refractivity contribution in [3.63, 3.8) is 0 Å². The molecule has 0 saturated heterocycles. The third-order valence-corrected chi connectivity index (χ3v) is 3.48. The van der Waals surface area contributed by atoms with Crippen LogP contribution in [0.25, 0.3) is 0 Å². The molecule has 0 aliphatic carbocycles. The van der Waals surface area contributed by atoms with E-state index in [9.17, 15) is 10.1 Å². The van der Waals surface area contributed by atoms with Gasteiger partial charge in [0.15, 0.2) is 0 Å². The fourth-order valence-corrected chi connectivity index (χ4v) is 2.18. The third kappa shape index (κ3) is 3.38. The van der Waals surface area contributed by atoms with Gasteiger partial charge in [0.1, 0.15) is 5.69 Å². The first kappa shape index (κ1) is 15.4. The van der Waals surface area contributed by atoms with E-state index in [2.05, 4.69) is 36.6 Å². The second kappa shape index (κ2) is 6.20. The van der Waals surface area contributed by atoms with Crippen LogP contribution in [0.4, 0.5) is 23.1 Å². The average Bonchev–Trinajstić information content (AvgIpc) is 2.41. The third-order valence-electron chi connectivity index (χ3n) is 2.55. The zero-order valence-electron chi connectivity index (χ0n) is 10.7. The first-order valence-electron chi connectivity index (χ1n) is 5.64. The van der Waals surface area contributed by atoms with Crippen LogP contribution >= 0.6 is 27.5 Å². The topological polar surface area (TPSA) is 119 Å². The van der Waals surface area contributed by atoms with Crippen molar-refractivity contribution in [1.29, 1.82) is 0 Å². The Morgan fingerprint density at radius 1 is 1.43 bits per heavy atom. The highest BCUT2D eigenvalue weighted by Crippen LogP contribution is 2.33. The number of nitrogens with one attached hydrogen (secondary N) is 2.